The Kier molecular flexibility index (Phi) is 3.61. The molecule has 4 heteroatoms. The second-order valence-corrected chi connectivity index (χ2v) is 5.97. The van der Waals surface area contributed by atoms with E-state index in [-0.39, 0.29) is 23.1 Å². The number of nitrogens with zero attached hydrogens (tertiary/aromatic N) is 2. The summed E-state index contributed by atoms with van der Waals surface area (Å²) in [5, 5.41) is 0. The maximum Gasteiger partial charge on any atom is 0.228 e. The van der Waals surface area contributed by atoms with Crippen molar-refractivity contribution in [3.8, 4) is 0 Å². The molecule has 0 aromatic rings. The third-order valence-corrected chi connectivity index (χ3v) is 2.71. The predicted molar refractivity (Wildman–Crippen MR) is 62.8 cm³/mol. The van der Waals surface area contributed by atoms with Crippen LogP contribution in [0.2, 0.25) is 0 Å². The lowest BCUT2D eigenvalue weighted by atomic mass is 9.89. The molecule has 1 aliphatic rings. The summed E-state index contributed by atoms with van der Waals surface area (Å²) in [5.41, 5.74) is 0.0216. The van der Waals surface area contributed by atoms with Crippen LogP contribution in [0.4, 0.5) is 0 Å². The van der Waals surface area contributed by atoms with Gasteiger partial charge in [-0.3, -0.25) is 9.59 Å². The summed E-state index contributed by atoms with van der Waals surface area (Å²) in [6.07, 6.45) is 0.551. The fourth-order valence-corrected chi connectivity index (χ4v) is 1.77. The van der Waals surface area contributed by atoms with E-state index < -0.39 is 0 Å². The van der Waals surface area contributed by atoms with E-state index >= 15 is 0 Å². The molecule has 4 nitrogen and oxygen atoms in total. The van der Waals surface area contributed by atoms with Crippen LogP contribution in [-0.2, 0) is 9.59 Å². The number of hydrogen-bond donors (Lipinski definition) is 0. The normalized spacial score (nSPS) is 16.9. The molecule has 0 aliphatic carbocycles. The summed E-state index contributed by atoms with van der Waals surface area (Å²) in [5.74, 6) is 0.300. The molecule has 0 aromatic carbocycles. The highest BCUT2D eigenvalue weighted by Crippen LogP contribution is 2.24. The SMILES string of the molecule is CN(C)C(=O)C1CN(C(=O)CC(C)(C)C)C1. The van der Waals surface area contributed by atoms with Crippen molar-refractivity contribution in [2.75, 3.05) is 27.2 Å². The standard InChI is InChI=1S/C12H22N2O2/c1-12(2,3)6-10(15)14-7-9(8-14)11(16)13(4)5/h9H,6-8H2,1-5H3. The van der Waals surface area contributed by atoms with Gasteiger partial charge >= 0.3 is 0 Å². The number of likely N-dealkylation sites (tertiary alicyclic amines) is 1. The number of hydrogen-bond acceptors (Lipinski definition) is 2. The topological polar surface area (TPSA) is 40.6 Å². The first kappa shape index (κ1) is 13.0. The Morgan fingerprint density at radius 2 is 1.75 bits per heavy atom. The van der Waals surface area contributed by atoms with Crippen molar-refractivity contribution < 1.29 is 9.59 Å². The van der Waals surface area contributed by atoms with Crippen molar-refractivity contribution in [3.05, 3.63) is 0 Å². The van der Waals surface area contributed by atoms with E-state index in [0.29, 0.717) is 19.5 Å². The van der Waals surface area contributed by atoms with E-state index in [1.807, 2.05) is 20.8 Å². The van der Waals surface area contributed by atoms with Crippen LogP contribution in [0.25, 0.3) is 0 Å². The molecule has 1 saturated heterocycles. The number of amides is 2. The van der Waals surface area contributed by atoms with Crippen LogP contribution >= 0.6 is 0 Å². The maximum absolute atomic E-state index is 11.8. The average Bonchev–Trinajstić information content (AvgIpc) is 1.96. The molecule has 0 radical (unpaired) electrons. The molecule has 0 aromatic heterocycles. The van der Waals surface area contributed by atoms with E-state index in [9.17, 15) is 9.59 Å². The zero-order chi connectivity index (χ0) is 12.5. The first-order chi connectivity index (χ1) is 7.20. The van der Waals surface area contributed by atoms with E-state index in [1.165, 1.54) is 0 Å². The van der Waals surface area contributed by atoms with E-state index in [2.05, 4.69) is 0 Å². The maximum atomic E-state index is 11.8. The van der Waals surface area contributed by atoms with Gasteiger partial charge in [-0.25, -0.2) is 0 Å². The summed E-state index contributed by atoms with van der Waals surface area (Å²) in [6.45, 7) is 7.32. The molecule has 16 heavy (non-hydrogen) atoms. The second-order valence-electron chi connectivity index (χ2n) is 5.97. The molecular formula is C12H22N2O2. The highest BCUT2D eigenvalue weighted by Gasteiger charge is 2.37. The monoisotopic (exact) mass is 226 g/mol. The fraction of sp³-hybridized carbons (Fsp3) is 0.833. The van der Waals surface area contributed by atoms with Crippen LogP contribution in [-0.4, -0.2) is 48.8 Å². The van der Waals surface area contributed by atoms with Crippen LogP contribution in [0.3, 0.4) is 0 Å². The zero-order valence-corrected chi connectivity index (χ0v) is 10.9. The third-order valence-electron chi connectivity index (χ3n) is 2.71. The summed E-state index contributed by atoms with van der Waals surface area (Å²) < 4.78 is 0. The summed E-state index contributed by atoms with van der Waals surface area (Å²) >= 11 is 0. The van der Waals surface area contributed by atoms with Crippen molar-refractivity contribution in [3.63, 3.8) is 0 Å². The Labute approximate surface area is 97.6 Å². The third kappa shape index (κ3) is 3.22. The molecule has 1 heterocycles. The van der Waals surface area contributed by atoms with Crippen molar-refractivity contribution in [1.29, 1.82) is 0 Å². The molecule has 1 aliphatic heterocycles. The Bertz CT molecular complexity index is 286. The molecule has 0 N–H and O–H groups in total. The minimum Gasteiger partial charge on any atom is -0.348 e. The van der Waals surface area contributed by atoms with Crippen LogP contribution < -0.4 is 0 Å². The lowest BCUT2D eigenvalue weighted by Gasteiger charge is -2.40. The first-order valence-corrected chi connectivity index (χ1v) is 5.69. The lowest BCUT2D eigenvalue weighted by Crippen LogP contribution is -2.55. The van der Waals surface area contributed by atoms with Gasteiger partial charge in [0.2, 0.25) is 11.8 Å². The van der Waals surface area contributed by atoms with Gasteiger partial charge in [-0.2, -0.15) is 0 Å². The summed E-state index contributed by atoms with van der Waals surface area (Å²) in [7, 11) is 3.50. The molecule has 92 valence electrons. The van der Waals surface area contributed by atoms with E-state index in [0.717, 1.165) is 0 Å². The minimum atomic E-state index is 0.0129. The molecule has 0 saturated carbocycles. The number of carbonyl (C=O) groups is 2. The molecule has 0 spiro atoms. The largest absolute Gasteiger partial charge is 0.348 e. The fourth-order valence-electron chi connectivity index (χ4n) is 1.77. The Morgan fingerprint density at radius 3 is 2.12 bits per heavy atom. The molecule has 0 atom stereocenters. The van der Waals surface area contributed by atoms with Gasteiger partial charge in [0.25, 0.3) is 0 Å². The average molecular weight is 226 g/mol. The van der Waals surface area contributed by atoms with Crippen molar-refractivity contribution >= 4 is 11.8 Å². The van der Waals surface area contributed by atoms with E-state index in [1.54, 1.807) is 23.9 Å². The smallest absolute Gasteiger partial charge is 0.228 e. The molecule has 0 unspecified atom stereocenters. The van der Waals surface area contributed by atoms with Gasteiger partial charge in [0, 0.05) is 33.6 Å². The van der Waals surface area contributed by atoms with E-state index in [4.69, 9.17) is 0 Å². The first-order valence-electron chi connectivity index (χ1n) is 5.69. The lowest BCUT2D eigenvalue weighted by molar-refractivity contribution is -0.147. The second kappa shape index (κ2) is 4.44. The number of carbonyl (C=O) groups excluding carboxylic acids is 2. The minimum absolute atomic E-state index is 0.0129. The van der Waals surface area contributed by atoms with Crippen molar-refractivity contribution in [1.82, 2.24) is 9.80 Å². The Balaban J connectivity index is 2.36. The van der Waals surface area contributed by atoms with Crippen LogP contribution in [0.1, 0.15) is 27.2 Å². The molecule has 2 amide bonds. The molecule has 1 fully saturated rings. The highest BCUT2D eigenvalue weighted by molar-refractivity contribution is 5.84. The van der Waals surface area contributed by atoms with Gasteiger partial charge in [-0.1, -0.05) is 20.8 Å². The van der Waals surface area contributed by atoms with Gasteiger partial charge in [0.05, 0.1) is 5.92 Å². The predicted octanol–water partition coefficient (Wildman–Crippen LogP) is 0.969. The quantitative estimate of drug-likeness (QED) is 0.704. The summed E-state index contributed by atoms with van der Waals surface area (Å²) in [6, 6.07) is 0. The van der Waals surface area contributed by atoms with Gasteiger partial charge in [-0.15, -0.1) is 0 Å². The van der Waals surface area contributed by atoms with Crippen molar-refractivity contribution in [2.45, 2.75) is 27.2 Å². The molecule has 0 bridgehead atoms. The van der Waals surface area contributed by atoms with Gasteiger partial charge in [0.1, 0.15) is 0 Å². The number of rotatable bonds is 2. The highest BCUT2D eigenvalue weighted by atomic mass is 16.2. The van der Waals surface area contributed by atoms with Gasteiger partial charge in [0.15, 0.2) is 0 Å². The van der Waals surface area contributed by atoms with Crippen LogP contribution in [0.15, 0.2) is 0 Å². The molecule has 1 rings (SSSR count). The van der Waals surface area contributed by atoms with Crippen LogP contribution in [0.5, 0.6) is 0 Å². The van der Waals surface area contributed by atoms with Gasteiger partial charge in [-0.05, 0) is 5.41 Å². The Morgan fingerprint density at radius 1 is 1.25 bits per heavy atom. The Hall–Kier alpha value is -1.06. The van der Waals surface area contributed by atoms with Gasteiger partial charge < -0.3 is 9.80 Å². The van der Waals surface area contributed by atoms with Crippen molar-refractivity contribution in [2.24, 2.45) is 11.3 Å². The summed E-state index contributed by atoms with van der Waals surface area (Å²) in [4.78, 5) is 26.7. The zero-order valence-electron chi connectivity index (χ0n) is 10.9. The van der Waals surface area contributed by atoms with Crippen LogP contribution in [0, 0.1) is 11.3 Å². The molecular weight excluding hydrogens is 204 g/mol.